The highest BCUT2D eigenvalue weighted by molar-refractivity contribution is 4.87. The molecule has 0 amide bonds. The largest absolute Gasteiger partial charge is 0.380 e. The molecule has 0 aromatic rings. The Labute approximate surface area is 81.1 Å². The standard InChI is InChI=1S/C10H20N2O/c1-4-10(7-11)12-5-6-13-8-9(2)3/h9-10,12H,4-6,8H2,1-3H3. The van der Waals surface area contributed by atoms with E-state index in [4.69, 9.17) is 10.00 Å². The predicted octanol–water partition coefficient (Wildman–Crippen LogP) is 1.55. The molecule has 0 aromatic carbocycles. The Balaban J connectivity index is 3.21. The van der Waals surface area contributed by atoms with Gasteiger partial charge < -0.3 is 4.74 Å². The number of nitriles is 1. The Morgan fingerprint density at radius 3 is 2.62 bits per heavy atom. The molecule has 0 heterocycles. The van der Waals surface area contributed by atoms with Crippen LogP contribution in [0.1, 0.15) is 27.2 Å². The molecule has 0 saturated heterocycles. The second-order valence-electron chi connectivity index (χ2n) is 3.51. The van der Waals surface area contributed by atoms with E-state index in [0.717, 1.165) is 19.6 Å². The fourth-order valence-corrected chi connectivity index (χ4v) is 0.906. The minimum absolute atomic E-state index is 0.0253. The van der Waals surface area contributed by atoms with Gasteiger partial charge in [0, 0.05) is 13.2 Å². The molecule has 0 bridgehead atoms. The average molecular weight is 184 g/mol. The molecule has 13 heavy (non-hydrogen) atoms. The number of nitrogens with one attached hydrogen (secondary N) is 1. The minimum Gasteiger partial charge on any atom is -0.380 e. The Morgan fingerprint density at radius 1 is 1.46 bits per heavy atom. The Hall–Kier alpha value is -0.590. The monoisotopic (exact) mass is 184 g/mol. The highest BCUT2D eigenvalue weighted by Gasteiger charge is 2.01. The minimum atomic E-state index is -0.0253. The van der Waals surface area contributed by atoms with Gasteiger partial charge in [0.05, 0.1) is 18.7 Å². The highest BCUT2D eigenvalue weighted by Crippen LogP contribution is 1.92. The van der Waals surface area contributed by atoms with Crippen LogP contribution in [0.15, 0.2) is 0 Å². The smallest absolute Gasteiger partial charge is 0.0951 e. The van der Waals surface area contributed by atoms with E-state index < -0.39 is 0 Å². The van der Waals surface area contributed by atoms with Crippen LogP contribution in [0.5, 0.6) is 0 Å². The summed E-state index contributed by atoms with van der Waals surface area (Å²) in [6.45, 7) is 8.49. The zero-order valence-corrected chi connectivity index (χ0v) is 8.84. The lowest BCUT2D eigenvalue weighted by Gasteiger charge is -2.10. The van der Waals surface area contributed by atoms with Gasteiger partial charge in [0.25, 0.3) is 0 Å². The van der Waals surface area contributed by atoms with E-state index >= 15 is 0 Å². The maximum absolute atomic E-state index is 8.62. The number of hydrogen-bond donors (Lipinski definition) is 1. The van der Waals surface area contributed by atoms with Crippen molar-refractivity contribution in [3.63, 3.8) is 0 Å². The lowest BCUT2D eigenvalue weighted by atomic mass is 10.2. The van der Waals surface area contributed by atoms with E-state index in [-0.39, 0.29) is 6.04 Å². The molecule has 1 atom stereocenters. The molecule has 0 radical (unpaired) electrons. The van der Waals surface area contributed by atoms with Gasteiger partial charge in [-0.15, -0.1) is 0 Å². The van der Waals surface area contributed by atoms with Crippen molar-refractivity contribution in [1.82, 2.24) is 5.32 Å². The maximum atomic E-state index is 8.62. The molecule has 76 valence electrons. The van der Waals surface area contributed by atoms with E-state index in [1.165, 1.54) is 0 Å². The first kappa shape index (κ1) is 12.4. The number of hydrogen-bond acceptors (Lipinski definition) is 3. The van der Waals surface area contributed by atoms with Crippen LogP contribution in [-0.2, 0) is 4.74 Å². The zero-order valence-electron chi connectivity index (χ0n) is 8.84. The van der Waals surface area contributed by atoms with E-state index in [2.05, 4.69) is 25.2 Å². The van der Waals surface area contributed by atoms with Crippen molar-refractivity contribution in [1.29, 1.82) is 5.26 Å². The second-order valence-corrected chi connectivity index (χ2v) is 3.51. The topological polar surface area (TPSA) is 45.0 Å². The Kier molecular flexibility index (Phi) is 7.66. The molecule has 3 nitrogen and oxygen atoms in total. The van der Waals surface area contributed by atoms with Crippen molar-refractivity contribution in [3.05, 3.63) is 0 Å². The van der Waals surface area contributed by atoms with Crippen molar-refractivity contribution in [2.45, 2.75) is 33.2 Å². The lowest BCUT2D eigenvalue weighted by molar-refractivity contribution is 0.111. The fourth-order valence-electron chi connectivity index (χ4n) is 0.906. The number of ether oxygens (including phenoxy) is 1. The van der Waals surface area contributed by atoms with Crippen molar-refractivity contribution in [2.75, 3.05) is 19.8 Å². The Bertz CT molecular complexity index is 151. The quantitative estimate of drug-likeness (QED) is 0.611. The molecule has 0 rings (SSSR count). The van der Waals surface area contributed by atoms with Gasteiger partial charge in [-0.2, -0.15) is 5.26 Å². The van der Waals surface area contributed by atoms with E-state index in [1.54, 1.807) is 0 Å². The summed E-state index contributed by atoms with van der Waals surface area (Å²) in [5, 5.41) is 11.7. The van der Waals surface area contributed by atoms with Crippen LogP contribution in [0.4, 0.5) is 0 Å². The van der Waals surface area contributed by atoms with Crippen LogP contribution in [0.3, 0.4) is 0 Å². The fraction of sp³-hybridized carbons (Fsp3) is 0.900. The van der Waals surface area contributed by atoms with Gasteiger partial charge >= 0.3 is 0 Å². The zero-order chi connectivity index (χ0) is 10.1. The molecule has 3 heteroatoms. The predicted molar refractivity (Wildman–Crippen MR) is 53.4 cm³/mol. The summed E-state index contributed by atoms with van der Waals surface area (Å²) < 4.78 is 5.36. The maximum Gasteiger partial charge on any atom is 0.0951 e. The summed E-state index contributed by atoms with van der Waals surface area (Å²) >= 11 is 0. The number of rotatable bonds is 7. The molecule has 1 unspecified atom stereocenters. The average Bonchev–Trinajstić information content (AvgIpc) is 2.11. The first-order valence-corrected chi connectivity index (χ1v) is 4.91. The van der Waals surface area contributed by atoms with E-state index in [0.29, 0.717) is 12.5 Å². The second kappa shape index (κ2) is 8.03. The van der Waals surface area contributed by atoms with Crippen molar-refractivity contribution >= 4 is 0 Å². The third-order valence-corrected chi connectivity index (χ3v) is 1.65. The summed E-state index contributed by atoms with van der Waals surface area (Å²) in [4.78, 5) is 0. The lowest BCUT2D eigenvalue weighted by Crippen LogP contribution is -2.30. The van der Waals surface area contributed by atoms with Crippen molar-refractivity contribution in [2.24, 2.45) is 5.92 Å². The van der Waals surface area contributed by atoms with Crippen LogP contribution >= 0.6 is 0 Å². The van der Waals surface area contributed by atoms with Gasteiger partial charge in [-0.1, -0.05) is 20.8 Å². The summed E-state index contributed by atoms with van der Waals surface area (Å²) in [7, 11) is 0. The third kappa shape index (κ3) is 7.76. The van der Waals surface area contributed by atoms with Crippen LogP contribution in [0.25, 0.3) is 0 Å². The molecule has 0 fully saturated rings. The van der Waals surface area contributed by atoms with Crippen molar-refractivity contribution in [3.8, 4) is 6.07 Å². The van der Waals surface area contributed by atoms with Gasteiger partial charge in [-0.3, -0.25) is 5.32 Å². The van der Waals surface area contributed by atoms with Gasteiger partial charge in [-0.25, -0.2) is 0 Å². The Morgan fingerprint density at radius 2 is 2.15 bits per heavy atom. The van der Waals surface area contributed by atoms with Crippen LogP contribution in [0, 0.1) is 17.2 Å². The van der Waals surface area contributed by atoms with Crippen LogP contribution in [0.2, 0.25) is 0 Å². The molecule has 0 aromatic heterocycles. The van der Waals surface area contributed by atoms with Gasteiger partial charge in [-0.05, 0) is 12.3 Å². The van der Waals surface area contributed by atoms with Crippen LogP contribution < -0.4 is 5.32 Å². The molecule has 0 aliphatic carbocycles. The molecular weight excluding hydrogens is 164 g/mol. The van der Waals surface area contributed by atoms with Crippen molar-refractivity contribution < 1.29 is 4.74 Å². The molecule has 1 N–H and O–H groups in total. The molecule has 0 saturated carbocycles. The van der Waals surface area contributed by atoms with E-state index in [1.807, 2.05) is 6.92 Å². The molecule has 0 aliphatic rings. The van der Waals surface area contributed by atoms with E-state index in [9.17, 15) is 0 Å². The highest BCUT2D eigenvalue weighted by atomic mass is 16.5. The van der Waals surface area contributed by atoms with Gasteiger partial charge in [0.2, 0.25) is 0 Å². The molecule has 0 spiro atoms. The first-order valence-electron chi connectivity index (χ1n) is 4.91. The number of nitrogens with zero attached hydrogens (tertiary/aromatic N) is 1. The SMILES string of the molecule is CCC(C#N)NCCOCC(C)C. The van der Waals surface area contributed by atoms with Gasteiger partial charge in [0.15, 0.2) is 0 Å². The molecule has 0 aliphatic heterocycles. The van der Waals surface area contributed by atoms with Gasteiger partial charge in [0.1, 0.15) is 0 Å². The first-order chi connectivity index (χ1) is 6.20. The summed E-state index contributed by atoms with van der Waals surface area (Å²) in [5.41, 5.74) is 0. The van der Waals surface area contributed by atoms with Crippen LogP contribution in [-0.4, -0.2) is 25.8 Å². The summed E-state index contributed by atoms with van der Waals surface area (Å²) in [5.74, 6) is 0.581. The summed E-state index contributed by atoms with van der Waals surface area (Å²) in [6.07, 6.45) is 0.848. The third-order valence-electron chi connectivity index (χ3n) is 1.65. The summed E-state index contributed by atoms with van der Waals surface area (Å²) in [6, 6.07) is 2.16. The molecular formula is C10H20N2O. The normalized spacial score (nSPS) is 12.8.